The third-order valence-electron chi connectivity index (χ3n) is 2.12. The molecular formula is C9H5ClFN3O4S2. The Morgan fingerprint density at radius 1 is 1.50 bits per heavy atom. The molecule has 0 spiro atoms. The van der Waals surface area contributed by atoms with Crippen molar-refractivity contribution >= 4 is 44.3 Å². The van der Waals surface area contributed by atoms with Gasteiger partial charge in [0.15, 0.2) is 10.2 Å². The number of hydrogen-bond donors (Lipinski definition) is 1. The molecule has 0 fully saturated rings. The van der Waals surface area contributed by atoms with Crippen molar-refractivity contribution in [2.75, 3.05) is 4.72 Å². The highest BCUT2D eigenvalue weighted by molar-refractivity contribution is 7.94. The minimum atomic E-state index is -4.16. The Balaban J connectivity index is 2.39. The van der Waals surface area contributed by atoms with Crippen molar-refractivity contribution in [3.05, 3.63) is 44.8 Å². The number of rotatable bonds is 4. The van der Waals surface area contributed by atoms with Gasteiger partial charge < -0.3 is 0 Å². The van der Waals surface area contributed by atoms with E-state index in [0.29, 0.717) is 11.3 Å². The van der Waals surface area contributed by atoms with E-state index in [2.05, 4.69) is 4.98 Å². The molecule has 11 heteroatoms. The average molecular weight is 338 g/mol. The predicted molar refractivity (Wildman–Crippen MR) is 71.0 cm³/mol. The Hall–Kier alpha value is -1.78. The number of hydrogen-bond acceptors (Lipinski definition) is 6. The smallest absolute Gasteiger partial charge is 0.276 e. The van der Waals surface area contributed by atoms with Crippen molar-refractivity contribution in [1.82, 2.24) is 4.98 Å². The summed E-state index contributed by atoms with van der Waals surface area (Å²) in [4.78, 5) is 13.3. The summed E-state index contributed by atoms with van der Waals surface area (Å²) in [7, 11) is -4.16. The maximum Gasteiger partial charge on any atom is 0.300 e. The molecule has 0 atom stereocenters. The van der Waals surface area contributed by atoms with E-state index in [-0.39, 0.29) is 14.2 Å². The number of nitrogens with zero attached hydrogens (tertiary/aromatic N) is 2. The molecule has 0 unspecified atom stereocenters. The van der Waals surface area contributed by atoms with Crippen molar-refractivity contribution in [1.29, 1.82) is 0 Å². The fourth-order valence-electron chi connectivity index (χ4n) is 1.25. The van der Waals surface area contributed by atoms with Crippen molar-refractivity contribution in [2.45, 2.75) is 4.21 Å². The number of nitro groups is 1. The van der Waals surface area contributed by atoms with Crippen LogP contribution in [-0.4, -0.2) is 18.3 Å². The Morgan fingerprint density at radius 2 is 2.20 bits per heavy atom. The summed E-state index contributed by atoms with van der Waals surface area (Å²) >= 11 is 6.09. The molecule has 106 valence electrons. The molecule has 20 heavy (non-hydrogen) atoms. The largest absolute Gasteiger partial charge is 0.300 e. The molecule has 0 amide bonds. The molecule has 0 aliphatic carbocycles. The predicted octanol–water partition coefficient (Wildman–Crippen LogP) is 2.64. The zero-order chi connectivity index (χ0) is 14.9. The Morgan fingerprint density at radius 3 is 2.75 bits per heavy atom. The lowest BCUT2D eigenvalue weighted by Crippen LogP contribution is -2.12. The van der Waals surface area contributed by atoms with Gasteiger partial charge in [0.25, 0.3) is 15.7 Å². The third kappa shape index (κ3) is 2.86. The molecule has 0 aromatic carbocycles. The average Bonchev–Trinajstić information content (AvgIpc) is 2.75. The van der Waals surface area contributed by atoms with E-state index in [1.165, 1.54) is 6.20 Å². The first-order chi connectivity index (χ1) is 9.31. The summed E-state index contributed by atoms with van der Waals surface area (Å²) in [5.74, 6) is -0.867. The van der Waals surface area contributed by atoms with Crippen LogP contribution in [0.2, 0.25) is 4.34 Å². The van der Waals surface area contributed by atoms with E-state index in [9.17, 15) is 22.9 Å². The Kier molecular flexibility index (Phi) is 3.88. The maximum absolute atomic E-state index is 13.3. The molecule has 7 nitrogen and oxygen atoms in total. The minimum absolute atomic E-state index is 0.273. The number of thiophene rings is 1. The van der Waals surface area contributed by atoms with Crippen LogP contribution in [0.5, 0.6) is 0 Å². The molecule has 0 saturated carbocycles. The lowest BCUT2D eigenvalue weighted by molar-refractivity contribution is -0.384. The van der Waals surface area contributed by atoms with Crippen LogP contribution in [0.15, 0.2) is 28.7 Å². The van der Waals surface area contributed by atoms with Gasteiger partial charge in [-0.2, -0.15) is 0 Å². The van der Waals surface area contributed by atoms with Crippen molar-refractivity contribution in [2.24, 2.45) is 0 Å². The molecule has 2 heterocycles. The van der Waals surface area contributed by atoms with Crippen molar-refractivity contribution < 1.29 is 17.7 Å². The van der Waals surface area contributed by atoms with Gasteiger partial charge in [-0.15, -0.1) is 11.3 Å². The minimum Gasteiger partial charge on any atom is -0.276 e. The summed E-state index contributed by atoms with van der Waals surface area (Å²) in [5.41, 5.74) is -0.834. The normalized spacial score (nSPS) is 11.3. The van der Waals surface area contributed by atoms with Gasteiger partial charge in [0.1, 0.15) is 4.21 Å². The second-order valence-corrected chi connectivity index (χ2v) is 7.01. The van der Waals surface area contributed by atoms with Crippen LogP contribution >= 0.6 is 22.9 Å². The zero-order valence-corrected chi connectivity index (χ0v) is 11.8. The molecular weight excluding hydrogens is 333 g/mol. The zero-order valence-electron chi connectivity index (χ0n) is 9.41. The monoisotopic (exact) mass is 337 g/mol. The summed E-state index contributed by atoms with van der Waals surface area (Å²) in [6, 6.07) is 1.94. The topological polar surface area (TPSA) is 102 Å². The highest BCUT2D eigenvalue weighted by atomic mass is 35.5. The molecule has 2 aromatic heterocycles. The van der Waals surface area contributed by atoms with Gasteiger partial charge in [0.05, 0.1) is 16.8 Å². The van der Waals surface area contributed by atoms with Crippen LogP contribution in [0.3, 0.4) is 0 Å². The van der Waals surface area contributed by atoms with Gasteiger partial charge in [-0.3, -0.25) is 19.8 Å². The summed E-state index contributed by atoms with van der Waals surface area (Å²) < 4.78 is 38.6. The highest BCUT2D eigenvalue weighted by Gasteiger charge is 2.25. The van der Waals surface area contributed by atoms with Crippen LogP contribution < -0.4 is 4.72 Å². The van der Waals surface area contributed by atoms with Gasteiger partial charge in [-0.25, -0.2) is 12.8 Å². The quantitative estimate of drug-likeness (QED) is 0.682. The van der Waals surface area contributed by atoms with E-state index in [1.807, 2.05) is 4.72 Å². The van der Waals surface area contributed by atoms with Gasteiger partial charge in [-0.05, 0) is 6.07 Å². The third-order valence-corrected chi connectivity index (χ3v) is 5.30. The van der Waals surface area contributed by atoms with E-state index in [0.717, 1.165) is 18.3 Å². The molecule has 2 rings (SSSR count). The fraction of sp³-hybridized carbons (Fsp3) is 0. The number of sulfonamides is 1. The molecule has 0 saturated heterocycles. The van der Waals surface area contributed by atoms with Crippen molar-refractivity contribution in [3.63, 3.8) is 0 Å². The number of anilines is 1. The first-order valence-electron chi connectivity index (χ1n) is 4.87. The molecule has 1 N–H and O–H groups in total. The number of aromatic nitrogens is 1. The van der Waals surface area contributed by atoms with Gasteiger partial charge >= 0.3 is 0 Å². The van der Waals surface area contributed by atoms with Crippen LogP contribution in [0.1, 0.15) is 0 Å². The molecule has 0 aliphatic rings. The molecule has 0 radical (unpaired) electrons. The maximum atomic E-state index is 13.3. The second-order valence-electron chi connectivity index (χ2n) is 3.44. The Bertz CT molecular complexity index is 777. The molecule has 0 bridgehead atoms. The van der Waals surface area contributed by atoms with Crippen LogP contribution in [-0.2, 0) is 10.0 Å². The second kappa shape index (κ2) is 5.31. The number of nitrogens with one attached hydrogen (secondary N) is 1. The standard InChI is InChI=1S/C9H5ClFN3O4S2/c10-9-7(14(15)16)3-8(19-9)20(17,18)13-6-1-2-12-4-5(6)11/h1-4H,(H,12,13). The lowest BCUT2D eigenvalue weighted by atomic mass is 10.4. The van der Waals surface area contributed by atoms with Gasteiger partial charge in [0, 0.05) is 12.3 Å². The Labute approximate surface area is 121 Å². The van der Waals surface area contributed by atoms with E-state index < -0.39 is 26.5 Å². The summed E-state index contributed by atoms with van der Waals surface area (Å²) in [6.07, 6.45) is 2.03. The summed E-state index contributed by atoms with van der Waals surface area (Å²) in [5, 5.41) is 10.6. The van der Waals surface area contributed by atoms with E-state index >= 15 is 0 Å². The number of pyridine rings is 1. The van der Waals surface area contributed by atoms with Crippen LogP contribution in [0.4, 0.5) is 15.8 Å². The van der Waals surface area contributed by atoms with Crippen LogP contribution in [0.25, 0.3) is 0 Å². The molecule has 2 aromatic rings. The summed E-state index contributed by atoms with van der Waals surface area (Å²) in [6.45, 7) is 0. The lowest BCUT2D eigenvalue weighted by Gasteiger charge is -2.05. The van der Waals surface area contributed by atoms with E-state index in [4.69, 9.17) is 11.6 Å². The SMILES string of the molecule is O=[N+]([O-])c1cc(S(=O)(=O)Nc2ccncc2F)sc1Cl. The highest BCUT2D eigenvalue weighted by Crippen LogP contribution is 2.36. The fourth-order valence-corrected chi connectivity index (χ4v) is 3.98. The van der Waals surface area contributed by atoms with E-state index in [1.54, 1.807) is 0 Å². The van der Waals surface area contributed by atoms with Crippen LogP contribution in [0, 0.1) is 15.9 Å². The molecule has 0 aliphatic heterocycles. The number of halogens is 2. The first-order valence-corrected chi connectivity index (χ1v) is 7.55. The van der Waals surface area contributed by atoms with Crippen molar-refractivity contribution in [3.8, 4) is 0 Å². The van der Waals surface area contributed by atoms with Gasteiger partial charge in [-0.1, -0.05) is 11.6 Å². The van der Waals surface area contributed by atoms with Gasteiger partial charge in [0.2, 0.25) is 0 Å². The first kappa shape index (κ1) is 14.6.